The average molecular weight is 249 g/mol. The van der Waals surface area contributed by atoms with Gasteiger partial charge in [0.25, 0.3) is 0 Å². The lowest BCUT2D eigenvalue weighted by atomic mass is 10.1. The molecule has 18 heavy (non-hydrogen) atoms. The SMILES string of the molecule is COC(=O)c1cc(N(C)C(C)C2CC2)ncc1N. The maximum Gasteiger partial charge on any atom is 0.340 e. The van der Waals surface area contributed by atoms with Gasteiger partial charge in [0.2, 0.25) is 0 Å². The van der Waals surface area contributed by atoms with Gasteiger partial charge >= 0.3 is 5.97 Å². The van der Waals surface area contributed by atoms with Crippen LogP contribution in [0.2, 0.25) is 0 Å². The van der Waals surface area contributed by atoms with Crippen molar-refractivity contribution in [2.75, 3.05) is 24.8 Å². The van der Waals surface area contributed by atoms with Gasteiger partial charge in [0.15, 0.2) is 0 Å². The second-order valence-corrected chi connectivity index (χ2v) is 4.81. The molecule has 2 N–H and O–H groups in total. The molecule has 1 unspecified atom stereocenters. The maximum atomic E-state index is 11.6. The van der Waals surface area contributed by atoms with Crippen molar-refractivity contribution in [2.45, 2.75) is 25.8 Å². The summed E-state index contributed by atoms with van der Waals surface area (Å²) in [6.07, 6.45) is 4.05. The summed E-state index contributed by atoms with van der Waals surface area (Å²) in [6.45, 7) is 2.17. The number of nitrogens with zero attached hydrogens (tertiary/aromatic N) is 2. The van der Waals surface area contributed by atoms with E-state index < -0.39 is 5.97 Å². The van der Waals surface area contributed by atoms with E-state index in [1.54, 1.807) is 6.07 Å². The smallest absolute Gasteiger partial charge is 0.340 e. The number of pyridine rings is 1. The zero-order valence-electron chi connectivity index (χ0n) is 11.0. The van der Waals surface area contributed by atoms with Crippen molar-refractivity contribution in [1.82, 2.24) is 4.98 Å². The van der Waals surface area contributed by atoms with Crippen LogP contribution in [0.5, 0.6) is 0 Å². The second kappa shape index (κ2) is 4.84. The van der Waals surface area contributed by atoms with E-state index in [1.165, 1.54) is 26.1 Å². The summed E-state index contributed by atoms with van der Waals surface area (Å²) in [5.74, 6) is 1.06. The van der Waals surface area contributed by atoms with Crippen LogP contribution < -0.4 is 10.6 Å². The highest BCUT2D eigenvalue weighted by molar-refractivity contribution is 5.95. The van der Waals surface area contributed by atoms with E-state index in [1.807, 2.05) is 7.05 Å². The van der Waals surface area contributed by atoms with Crippen LogP contribution in [-0.4, -0.2) is 31.2 Å². The molecule has 0 amide bonds. The molecule has 2 rings (SSSR count). The molecule has 0 bridgehead atoms. The molecule has 1 aromatic rings. The number of ether oxygens (including phenoxy) is 1. The van der Waals surface area contributed by atoms with Gasteiger partial charge in [0.1, 0.15) is 5.82 Å². The maximum absolute atomic E-state index is 11.6. The number of hydrogen-bond acceptors (Lipinski definition) is 5. The Morgan fingerprint density at radius 2 is 2.28 bits per heavy atom. The molecule has 1 aliphatic carbocycles. The lowest BCUT2D eigenvalue weighted by Crippen LogP contribution is -2.31. The molecule has 0 radical (unpaired) electrons. The molecule has 1 saturated carbocycles. The highest BCUT2D eigenvalue weighted by Gasteiger charge is 2.31. The summed E-state index contributed by atoms with van der Waals surface area (Å²) in [5.41, 5.74) is 6.45. The number of nitrogen functional groups attached to an aromatic ring is 1. The van der Waals surface area contributed by atoms with Crippen molar-refractivity contribution in [3.05, 3.63) is 17.8 Å². The minimum atomic E-state index is -0.427. The van der Waals surface area contributed by atoms with E-state index in [0.717, 1.165) is 11.7 Å². The van der Waals surface area contributed by atoms with Crippen LogP contribution in [-0.2, 0) is 4.74 Å². The van der Waals surface area contributed by atoms with Gasteiger partial charge in [-0.1, -0.05) is 0 Å². The highest BCUT2D eigenvalue weighted by Crippen LogP contribution is 2.36. The summed E-state index contributed by atoms with van der Waals surface area (Å²) in [6, 6.07) is 2.12. The van der Waals surface area contributed by atoms with Crippen molar-refractivity contribution < 1.29 is 9.53 Å². The first kappa shape index (κ1) is 12.7. The van der Waals surface area contributed by atoms with Gasteiger partial charge in [0, 0.05) is 13.1 Å². The highest BCUT2D eigenvalue weighted by atomic mass is 16.5. The van der Waals surface area contributed by atoms with Gasteiger partial charge in [0.05, 0.1) is 24.6 Å². The van der Waals surface area contributed by atoms with Gasteiger partial charge < -0.3 is 15.4 Å². The number of rotatable bonds is 4. The zero-order chi connectivity index (χ0) is 13.3. The number of carbonyl (C=O) groups is 1. The largest absolute Gasteiger partial charge is 0.465 e. The third kappa shape index (κ3) is 2.39. The number of hydrogen-bond donors (Lipinski definition) is 1. The van der Waals surface area contributed by atoms with Crippen molar-refractivity contribution in [3.8, 4) is 0 Å². The fourth-order valence-electron chi connectivity index (χ4n) is 2.04. The van der Waals surface area contributed by atoms with E-state index >= 15 is 0 Å². The number of methoxy groups -OCH3 is 1. The molecule has 0 aromatic carbocycles. The molecule has 5 heteroatoms. The first-order valence-electron chi connectivity index (χ1n) is 6.11. The summed E-state index contributed by atoms with van der Waals surface area (Å²) < 4.78 is 4.71. The summed E-state index contributed by atoms with van der Waals surface area (Å²) in [4.78, 5) is 17.9. The van der Waals surface area contributed by atoms with E-state index in [4.69, 9.17) is 10.5 Å². The number of anilines is 2. The molecule has 0 saturated heterocycles. The van der Waals surface area contributed by atoms with E-state index in [2.05, 4.69) is 16.8 Å². The number of esters is 1. The molecular weight excluding hydrogens is 230 g/mol. The third-order valence-corrected chi connectivity index (χ3v) is 3.60. The average Bonchev–Trinajstić information content (AvgIpc) is 3.21. The standard InChI is InChI=1S/C13H19N3O2/c1-8(9-4-5-9)16(2)12-6-10(13(17)18-3)11(14)7-15-12/h6-9H,4-5,14H2,1-3H3. The van der Waals surface area contributed by atoms with Crippen LogP contribution in [0.1, 0.15) is 30.1 Å². The van der Waals surface area contributed by atoms with Gasteiger partial charge in [-0.2, -0.15) is 0 Å². The van der Waals surface area contributed by atoms with Crippen molar-refractivity contribution in [3.63, 3.8) is 0 Å². The first-order chi connectivity index (χ1) is 8.54. The second-order valence-electron chi connectivity index (χ2n) is 4.81. The van der Waals surface area contributed by atoms with Crippen LogP contribution in [0, 0.1) is 5.92 Å². The van der Waals surface area contributed by atoms with Crippen molar-refractivity contribution in [1.29, 1.82) is 0 Å². The first-order valence-corrected chi connectivity index (χ1v) is 6.11. The van der Waals surface area contributed by atoms with Crippen LogP contribution in [0.3, 0.4) is 0 Å². The Bertz CT molecular complexity index is 458. The molecule has 1 heterocycles. The Hall–Kier alpha value is -1.78. The Morgan fingerprint density at radius 1 is 1.61 bits per heavy atom. The molecule has 1 aromatic heterocycles. The molecule has 1 fully saturated rings. The van der Waals surface area contributed by atoms with Crippen LogP contribution >= 0.6 is 0 Å². The van der Waals surface area contributed by atoms with E-state index in [-0.39, 0.29) is 0 Å². The van der Waals surface area contributed by atoms with Gasteiger partial charge in [-0.3, -0.25) is 0 Å². The fraction of sp³-hybridized carbons (Fsp3) is 0.538. The van der Waals surface area contributed by atoms with Crippen LogP contribution in [0.4, 0.5) is 11.5 Å². The third-order valence-electron chi connectivity index (χ3n) is 3.60. The van der Waals surface area contributed by atoms with E-state index in [9.17, 15) is 4.79 Å². The number of aromatic nitrogens is 1. The number of carbonyl (C=O) groups excluding carboxylic acids is 1. The molecule has 0 spiro atoms. The van der Waals surface area contributed by atoms with Gasteiger partial charge in [-0.05, 0) is 31.7 Å². The molecule has 5 nitrogen and oxygen atoms in total. The predicted molar refractivity (Wildman–Crippen MR) is 70.6 cm³/mol. The zero-order valence-corrected chi connectivity index (χ0v) is 11.0. The topological polar surface area (TPSA) is 68.5 Å². The fourth-order valence-corrected chi connectivity index (χ4v) is 2.04. The van der Waals surface area contributed by atoms with E-state index in [0.29, 0.717) is 17.3 Å². The Labute approximate surface area is 107 Å². The van der Waals surface area contributed by atoms with Gasteiger partial charge in [-0.15, -0.1) is 0 Å². The molecule has 0 aliphatic heterocycles. The summed E-state index contributed by atoms with van der Waals surface area (Å²) >= 11 is 0. The van der Waals surface area contributed by atoms with Crippen molar-refractivity contribution >= 4 is 17.5 Å². The predicted octanol–water partition coefficient (Wildman–Crippen LogP) is 1.69. The molecule has 1 atom stereocenters. The van der Waals surface area contributed by atoms with Gasteiger partial charge in [-0.25, -0.2) is 9.78 Å². The molecular formula is C13H19N3O2. The number of nitrogens with two attached hydrogens (primary N) is 1. The summed E-state index contributed by atoms with van der Waals surface area (Å²) in [7, 11) is 3.33. The van der Waals surface area contributed by atoms with Crippen LogP contribution in [0.25, 0.3) is 0 Å². The normalized spacial score (nSPS) is 16.2. The monoisotopic (exact) mass is 249 g/mol. The Balaban J connectivity index is 2.25. The lowest BCUT2D eigenvalue weighted by molar-refractivity contribution is 0.0602. The quantitative estimate of drug-likeness (QED) is 0.822. The van der Waals surface area contributed by atoms with Crippen LogP contribution in [0.15, 0.2) is 12.3 Å². The lowest BCUT2D eigenvalue weighted by Gasteiger charge is -2.26. The molecule has 1 aliphatic rings. The Kier molecular flexibility index (Phi) is 3.41. The molecule has 98 valence electrons. The minimum absolute atomic E-state index is 0.345. The minimum Gasteiger partial charge on any atom is -0.465 e. The Morgan fingerprint density at radius 3 is 2.83 bits per heavy atom. The summed E-state index contributed by atoms with van der Waals surface area (Å²) in [5, 5.41) is 0. The van der Waals surface area contributed by atoms with Crippen molar-refractivity contribution in [2.24, 2.45) is 5.92 Å².